The second-order valence-electron chi connectivity index (χ2n) is 4.63. The van der Waals surface area contributed by atoms with Gasteiger partial charge >= 0.3 is 0 Å². The maximum atomic E-state index is 11.9. The van der Waals surface area contributed by atoms with Crippen LogP contribution in [0, 0.1) is 0 Å². The number of nitrogens with zero attached hydrogens (tertiary/aromatic N) is 2. The maximum Gasteiger partial charge on any atom is 0.263 e. The number of nitrogens with two attached hydrogens (primary N) is 1. The number of carbonyl (C=O) groups is 1. The lowest BCUT2D eigenvalue weighted by atomic mass is 10.3. The predicted molar refractivity (Wildman–Crippen MR) is 77.6 cm³/mol. The molecule has 1 aromatic carbocycles. The third kappa shape index (κ3) is 3.28. The number of ether oxygens (including phenoxy) is 1. The zero-order chi connectivity index (χ0) is 14.5. The van der Waals surface area contributed by atoms with Crippen molar-refractivity contribution in [2.75, 3.05) is 17.7 Å². The first-order chi connectivity index (χ1) is 9.58. The molecule has 1 heterocycles. The maximum absolute atomic E-state index is 11.9. The van der Waals surface area contributed by atoms with E-state index in [4.69, 9.17) is 10.5 Å². The lowest BCUT2D eigenvalue weighted by Gasteiger charge is -2.12. The number of hydrogen-bond acceptors (Lipinski definition) is 4. The minimum absolute atomic E-state index is 0.0997. The fourth-order valence-corrected chi connectivity index (χ4v) is 1.76. The van der Waals surface area contributed by atoms with E-state index in [-0.39, 0.29) is 18.6 Å². The molecule has 6 heteroatoms. The number of carbonyl (C=O) groups excluding carboxylic acids is 1. The number of benzene rings is 1. The fraction of sp³-hybridized carbons (Fsp3) is 0.286. The zero-order valence-corrected chi connectivity index (χ0v) is 11.5. The summed E-state index contributed by atoms with van der Waals surface area (Å²) in [6.07, 6.45) is 1.64. The van der Waals surface area contributed by atoms with E-state index in [1.165, 1.54) is 0 Å². The molecule has 0 saturated heterocycles. The Morgan fingerprint density at radius 1 is 1.40 bits per heavy atom. The molecule has 1 amide bonds. The molecule has 0 bridgehead atoms. The Kier molecular flexibility index (Phi) is 4.24. The van der Waals surface area contributed by atoms with Crippen molar-refractivity contribution in [2.24, 2.45) is 0 Å². The van der Waals surface area contributed by atoms with Crippen molar-refractivity contribution in [1.29, 1.82) is 0 Å². The van der Waals surface area contributed by atoms with Crippen LogP contribution in [-0.2, 0) is 4.79 Å². The van der Waals surface area contributed by atoms with Gasteiger partial charge in [-0.05, 0) is 26.0 Å². The zero-order valence-electron chi connectivity index (χ0n) is 11.5. The summed E-state index contributed by atoms with van der Waals surface area (Å²) in [6.45, 7) is 3.88. The van der Waals surface area contributed by atoms with Gasteiger partial charge in [-0.2, -0.15) is 5.10 Å². The number of rotatable bonds is 5. The first kappa shape index (κ1) is 13.9. The summed E-state index contributed by atoms with van der Waals surface area (Å²) in [5.74, 6) is 0.894. The van der Waals surface area contributed by atoms with Gasteiger partial charge in [-0.25, -0.2) is 4.68 Å². The minimum Gasteiger partial charge on any atom is -0.482 e. The average Bonchev–Trinajstić information content (AvgIpc) is 2.86. The van der Waals surface area contributed by atoms with Gasteiger partial charge < -0.3 is 15.8 Å². The van der Waals surface area contributed by atoms with Crippen molar-refractivity contribution in [2.45, 2.75) is 19.9 Å². The fourth-order valence-electron chi connectivity index (χ4n) is 1.76. The third-order valence-corrected chi connectivity index (χ3v) is 2.70. The number of nitrogen functional groups attached to an aromatic ring is 1. The first-order valence-corrected chi connectivity index (χ1v) is 6.38. The molecule has 6 nitrogen and oxygen atoms in total. The predicted octanol–water partition coefficient (Wildman–Crippen LogP) is 2.06. The van der Waals surface area contributed by atoms with Crippen LogP contribution in [0.3, 0.4) is 0 Å². The molecule has 0 aliphatic carbocycles. The highest BCUT2D eigenvalue weighted by atomic mass is 16.5. The standard InChI is InChI=1S/C14H18N4O2/c1-10(2)18-13(7-8-16-18)17-14(19)9-20-12-6-4-3-5-11(12)15/h3-8,10H,9,15H2,1-2H3,(H,17,19). The van der Waals surface area contributed by atoms with E-state index in [0.717, 1.165) is 0 Å². The highest BCUT2D eigenvalue weighted by molar-refractivity contribution is 5.91. The van der Waals surface area contributed by atoms with Crippen LogP contribution in [0.2, 0.25) is 0 Å². The molecule has 0 atom stereocenters. The number of amides is 1. The van der Waals surface area contributed by atoms with E-state index in [9.17, 15) is 4.79 Å². The molecule has 0 fully saturated rings. The van der Waals surface area contributed by atoms with Crippen LogP contribution in [0.25, 0.3) is 0 Å². The Morgan fingerprint density at radius 3 is 2.85 bits per heavy atom. The van der Waals surface area contributed by atoms with Crippen molar-refractivity contribution in [3.8, 4) is 5.75 Å². The second-order valence-corrected chi connectivity index (χ2v) is 4.63. The van der Waals surface area contributed by atoms with Gasteiger partial charge in [0.15, 0.2) is 6.61 Å². The second kappa shape index (κ2) is 6.10. The average molecular weight is 274 g/mol. The van der Waals surface area contributed by atoms with E-state index in [1.807, 2.05) is 19.9 Å². The van der Waals surface area contributed by atoms with Crippen LogP contribution >= 0.6 is 0 Å². The van der Waals surface area contributed by atoms with E-state index >= 15 is 0 Å². The summed E-state index contributed by atoms with van der Waals surface area (Å²) >= 11 is 0. The molecule has 0 saturated carbocycles. The van der Waals surface area contributed by atoms with Gasteiger partial charge in [-0.15, -0.1) is 0 Å². The quantitative estimate of drug-likeness (QED) is 0.818. The highest BCUT2D eigenvalue weighted by Gasteiger charge is 2.10. The molecule has 2 rings (SSSR count). The number of hydrogen-bond donors (Lipinski definition) is 2. The Hall–Kier alpha value is -2.50. The number of anilines is 2. The minimum atomic E-state index is -0.254. The van der Waals surface area contributed by atoms with Crippen molar-refractivity contribution in [1.82, 2.24) is 9.78 Å². The van der Waals surface area contributed by atoms with E-state index < -0.39 is 0 Å². The Balaban J connectivity index is 1.93. The van der Waals surface area contributed by atoms with Crippen LogP contribution in [0.1, 0.15) is 19.9 Å². The van der Waals surface area contributed by atoms with E-state index in [0.29, 0.717) is 17.3 Å². The van der Waals surface area contributed by atoms with Crippen LogP contribution in [-0.4, -0.2) is 22.3 Å². The monoisotopic (exact) mass is 274 g/mol. The third-order valence-electron chi connectivity index (χ3n) is 2.70. The van der Waals surface area contributed by atoms with E-state index in [2.05, 4.69) is 10.4 Å². The molecule has 0 spiro atoms. The summed E-state index contributed by atoms with van der Waals surface area (Å²) in [4.78, 5) is 11.9. The van der Waals surface area contributed by atoms with Crippen LogP contribution in [0.4, 0.5) is 11.5 Å². The summed E-state index contributed by atoms with van der Waals surface area (Å²) in [5, 5.41) is 6.90. The smallest absolute Gasteiger partial charge is 0.263 e. The summed E-state index contributed by atoms with van der Waals surface area (Å²) in [6, 6.07) is 8.98. The largest absolute Gasteiger partial charge is 0.482 e. The van der Waals surface area contributed by atoms with Gasteiger partial charge in [0.25, 0.3) is 5.91 Å². The molecule has 0 unspecified atom stereocenters. The van der Waals surface area contributed by atoms with Gasteiger partial charge in [0.05, 0.1) is 11.9 Å². The topological polar surface area (TPSA) is 82.2 Å². The van der Waals surface area contributed by atoms with E-state index in [1.54, 1.807) is 35.1 Å². The lowest BCUT2D eigenvalue weighted by molar-refractivity contribution is -0.118. The Labute approximate surface area is 117 Å². The molecule has 0 aliphatic heterocycles. The number of nitrogens with one attached hydrogen (secondary N) is 1. The molecule has 1 aromatic heterocycles. The lowest BCUT2D eigenvalue weighted by Crippen LogP contribution is -2.22. The Bertz CT molecular complexity index is 592. The molecular weight excluding hydrogens is 256 g/mol. The molecule has 3 N–H and O–H groups in total. The highest BCUT2D eigenvalue weighted by Crippen LogP contribution is 2.19. The van der Waals surface area contributed by atoms with Crippen molar-refractivity contribution in [3.63, 3.8) is 0 Å². The van der Waals surface area contributed by atoms with Crippen molar-refractivity contribution >= 4 is 17.4 Å². The molecule has 106 valence electrons. The first-order valence-electron chi connectivity index (χ1n) is 6.38. The molecule has 0 radical (unpaired) electrons. The summed E-state index contributed by atoms with van der Waals surface area (Å²) in [5.41, 5.74) is 6.24. The van der Waals surface area contributed by atoms with Crippen LogP contribution < -0.4 is 15.8 Å². The summed E-state index contributed by atoms with van der Waals surface area (Å²) in [7, 11) is 0. The van der Waals surface area contributed by atoms with Crippen molar-refractivity contribution in [3.05, 3.63) is 36.5 Å². The normalized spacial score (nSPS) is 10.6. The molecule has 0 aliphatic rings. The SMILES string of the molecule is CC(C)n1nccc1NC(=O)COc1ccccc1N. The van der Waals surface area contributed by atoms with Gasteiger partial charge in [-0.3, -0.25) is 4.79 Å². The molecule has 20 heavy (non-hydrogen) atoms. The molecule has 2 aromatic rings. The number of aromatic nitrogens is 2. The van der Waals surface area contributed by atoms with Crippen LogP contribution in [0.5, 0.6) is 5.75 Å². The van der Waals surface area contributed by atoms with Gasteiger partial charge in [0.1, 0.15) is 11.6 Å². The summed E-state index contributed by atoms with van der Waals surface area (Å²) < 4.78 is 7.11. The number of para-hydroxylation sites is 2. The van der Waals surface area contributed by atoms with Gasteiger partial charge in [0.2, 0.25) is 0 Å². The molecular formula is C14H18N4O2. The van der Waals surface area contributed by atoms with Gasteiger partial charge in [0, 0.05) is 12.1 Å². The Morgan fingerprint density at radius 2 is 2.15 bits per heavy atom. The van der Waals surface area contributed by atoms with Crippen LogP contribution in [0.15, 0.2) is 36.5 Å². The van der Waals surface area contributed by atoms with Gasteiger partial charge in [-0.1, -0.05) is 12.1 Å². The van der Waals surface area contributed by atoms with Crippen molar-refractivity contribution < 1.29 is 9.53 Å².